The second-order valence-electron chi connectivity index (χ2n) is 7.52. The van der Waals surface area contributed by atoms with Crippen LogP contribution < -0.4 is 14.4 Å². The van der Waals surface area contributed by atoms with E-state index >= 15 is 0 Å². The van der Waals surface area contributed by atoms with E-state index in [9.17, 15) is 18.3 Å². The van der Waals surface area contributed by atoms with Crippen LogP contribution in [0.2, 0.25) is 0 Å². The summed E-state index contributed by atoms with van der Waals surface area (Å²) in [6.07, 6.45) is 0.628. The number of rotatable bonds is 10. The van der Waals surface area contributed by atoms with Crippen LogP contribution in [0.1, 0.15) is 34.3 Å². The third kappa shape index (κ3) is 5.64. The Kier molecular flexibility index (Phi) is 7.27. The highest BCUT2D eigenvalue weighted by molar-refractivity contribution is 7.92. The summed E-state index contributed by atoms with van der Waals surface area (Å²) in [5.74, 6) is 0.142. The van der Waals surface area contributed by atoms with Gasteiger partial charge in [0.2, 0.25) is 0 Å². The molecule has 1 heterocycles. The van der Waals surface area contributed by atoms with Crippen molar-refractivity contribution in [3.8, 4) is 5.75 Å². The number of hydrogen-bond donors (Lipinski definition) is 2. The van der Waals surface area contributed by atoms with E-state index in [2.05, 4.69) is 9.88 Å². The van der Waals surface area contributed by atoms with Gasteiger partial charge in [0.1, 0.15) is 11.5 Å². The van der Waals surface area contributed by atoms with Gasteiger partial charge in [0.05, 0.1) is 28.4 Å². The van der Waals surface area contributed by atoms with Crippen molar-refractivity contribution >= 4 is 27.4 Å². The Morgan fingerprint density at radius 1 is 1.18 bits per heavy atom. The smallest absolute Gasteiger partial charge is 0.337 e. The van der Waals surface area contributed by atoms with Crippen molar-refractivity contribution in [1.29, 1.82) is 0 Å². The number of anilines is 2. The number of benzene rings is 2. The Balaban J connectivity index is 1.79. The van der Waals surface area contributed by atoms with Gasteiger partial charge in [-0.1, -0.05) is 5.16 Å². The highest BCUT2D eigenvalue weighted by atomic mass is 32.2. The van der Waals surface area contributed by atoms with Crippen LogP contribution in [0.15, 0.2) is 51.9 Å². The molecule has 0 fully saturated rings. The maximum absolute atomic E-state index is 12.7. The van der Waals surface area contributed by atoms with Crippen LogP contribution in [0.3, 0.4) is 0 Å². The van der Waals surface area contributed by atoms with Gasteiger partial charge in [0.25, 0.3) is 10.0 Å². The molecule has 1 aromatic heterocycles. The van der Waals surface area contributed by atoms with Crippen LogP contribution in [0.25, 0.3) is 0 Å². The lowest BCUT2D eigenvalue weighted by atomic mass is 10.1. The molecule has 0 saturated carbocycles. The van der Waals surface area contributed by atoms with Gasteiger partial charge in [-0.05, 0) is 69.7 Å². The molecule has 0 unspecified atom stereocenters. The van der Waals surface area contributed by atoms with Gasteiger partial charge < -0.3 is 19.3 Å². The van der Waals surface area contributed by atoms with Crippen LogP contribution in [-0.4, -0.2) is 44.8 Å². The van der Waals surface area contributed by atoms with E-state index in [4.69, 9.17) is 9.26 Å². The van der Waals surface area contributed by atoms with Crippen LogP contribution in [0.4, 0.5) is 11.4 Å². The molecular formula is C23H27N3O6S. The monoisotopic (exact) mass is 473 g/mol. The summed E-state index contributed by atoms with van der Waals surface area (Å²) in [5.41, 5.74) is 2.41. The maximum Gasteiger partial charge on any atom is 0.337 e. The Hall–Kier alpha value is -3.53. The van der Waals surface area contributed by atoms with Gasteiger partial charge in [-0.2, -0.15) is 0 Å². The van der Waals surface area contributed by atoms with E-state index in [0.717, 1.165) is 17.0 Å². The number of hydrogen-bond acceptors (Lipinski definition) is 7. The molecule has 176 valence electrons. The van der Waals surface area contributed by atoms with E-state index in [1.807, 2.05) is 20.8 Å². The fraction of sp³-hybridized carbons (Fsp3) is 0.304. The molecule has 2 aromatic carbocycles. The number of carbonyl (C=O) groups is 1. The minimum absolute atomic E-state index is 0.0110. The second-order valence-corrected chi connectivity index (χ2v) is 9.20. The first-order valence-corrected chi connectivity index (χ1v) is 11.9. The van der Waals surface area contributed by atoms with Crippen LogP contribution in [0, 0.1) is 13.8 Å². The highest BCUT2D eigenvalue weighted by Crippen LogP contribution is 2.27. The minimum atomic E-state index is -3.90. The average molecular weight is 474 g/mol. The fourth-order valence-corrected chi connectivity index (χ4v) is 4.51. The van der Waals surface area contributed by atoms with Gasteiger partial charge in [-0.15, -0.1) is 0 Å². The van der Waals surface area contributed by atoms with Crippen molar-refractivity contribution in [2.24, 2.45) is 0 Å². The summed E-state index contributed by atoms with van der Waals surface area (Å²) >= 11 is 0. The largest absolute Gasteiger partial charge is 0.494 e. The molecule has 0 atom stereocenters. The SMILES string of the molecule is CCOc1ccc(S(=O)(=O)Nc2ccc(N(C)CCc3c(C)noc3C)c(C(=O)O)c2)cc1. The lowest BCUT2D eigenvalue weighted by molar-refractivity contribution is 0.0697. The molecule has 0 aliphatic rings. The zero-order valence-electron chi connectivity index (χ0n) is 19.0. The first-order valence-electron chi connectivity index (χ1n) is 10.4. The number of carboxylic acids is 1. The third-order valence-electron chi connectivity index (χ3n) is 5.21. The molecule has 0 radical (unpaired) electrons. The van der Waals surface area contributed by atoms with Crippen molar-refractivity contribution in [3.05, 3.63) is 65.0 Å². The fourth-order valence-electron chi connectivity index (χ4n) is 3.46. The number of nitrogens with zero attached hydrogens (tertiary/aromatic N) is 2. The van der Waals surface area contributed by atoms with E-state index in [1.54, 1.807) is 36.2 Å². The van der Waals surface area contributed by atoms with Crippen molar-refractivity contribution in [2.45, 2.75) is 32.1 Å². The van der Waals surface area contributed by atoms with E-state index in [0.29, 0.717) is 31.0 Å². The quantitative estimate of drug-likeness (QED) is 0.455. The number of nitrogens with one attached hydrogen (secondary N) is 1. The number of aryl methyl sites for hydroxylation is 2. The predicted octanol–water partition coefficient (Wildman–Crippen LogP) is 3.87. The molecule has 10 heteroatoms. The molecule has 2 N–H and O–H groups in total. The summed E-state index contributed by atoms with van der Waals surface area (Å²) in [6.45, 7) is 6.54. The molecule has 33 heavy (non-hydrogen) atoms. The van der Waals surface area contributed by atoms with Gasteiger partial charge in [0.15, 0.2) is 0 Å². The van der Waals surface area contributed by atoms with Gasteiger partial charge in [0, 0.05) is 24.8 Å². The Bertz CT molecular complexity index is 1220. The molecule has 0 saturated heterocycles. The molecule has 0 aliphatic heterocycles. The summed E-state index contributed by atoms with van der Waals surface area (Å²) in [5, 5.41) is 13.7. The standard InChI is InChI=1S/C23H27N3O6S/c1-5-31-18-7-9-19(10-8-18)33(29,30)25-17-6-11-22(21(14-17)23(27)28)26(4)13-12-20-15(2)24-32-16(20)3/h6-11,14,25H,5,12-13H2,1-4H3,(H,27,28). The predicted molar refractivity (Wildman–Crippen MR) is 125 cm³/mol. The van der Waals surface area contributed by atoms with Crippen molar-refractivity contribution < 1.29 is 27.6 Å². The zero-order valence-corrected chi connectivity index (χ0v) is 19.8. The molecule has 0 amide bonds. The number of likely N-dealkylation sites (N-methyl/N-ethyl adjacent to an activating group) is 1. The van der Waals surface area contributed by atoms with Gasteiger partial charge in [-0.3, -0.25) is 4.72 Å². The summed E-state index contributed by atoms with van der Waals surface area (Å²) in [6, 6.07) is 10.4. The summed E-state index contributed by atoms with van der Waals surface area (Å²) in [4.78, 5) is 13.8. The first kappa shape index (κ1) is 24.1. The molecule has 3 aromatic rings. The van der Waals surface area contributed by atoms with E-state index in [1.165, 1.54) is 18.2 Å². The normalized spacial score (nSPS) is 11.3. The average Bonchev–Trinajstić information content (AvgIpc) is 3.09. The number of carboxylic acid groups (broad SMARTS) is 1. The third-order valence-corrected chi connectivity index (χ3v) is 6.61. The van der Waals surface area contributed by atoms with Crippen molar-refractivity contribution in [3.63, 3.8) is 0 Å². The Morgan fingerprint density at radius 2 is 1.88 bits per heavy atom. The molecule has 9 nitrogen and oxygen atoms in total. The number of ether oxygens (including phenoxy) is 1. The lowest BCUT2D eigenvalue weighted by Crippen LogP contribution is -2.23. The minimum Gasteiger partial charge on any atom is -0.494 e. The van der Waals surface area contributed by atoms with Gasteiger partial charge >= 0.3 is 5.97 Å². The zero-order chi connectivity index (χ0) is 24.2. The van der Waals surface area contributed by atoms with Crippen molar-refractivity contribution in [1.82, 2.24) is 5.16 Å². The van der Waals surface area contributed by atoms with Crippen LogP contribution >= 0.6 is 0 Å². The molecule has 0 aliphatic carbocycles. The second kappa shape index (κ2) is 9.95. The molecule has 0 spiro atoms. The van der Waals surface area contributed by atoms with Gasteiger partial charge in [-0.25, -0.2) is 13.2 Å². The molecular weight excluding hydrogens is 446 g/mol. The Labute approximate surface area is 193 Å². The number of sulfonamides is 1. The summed E-state index contributed by atoms with van der Waals surface area (Å²) in [7, 11) is -2.12. The first-order chi connectivity index (χ1) is 15.6. The van der Waals surface area contributed by atoms with Crippen molar-refractivity contribution in [2.75, 3.05) is 29.8 Å². The summed E-state index contributed by atoms with van der Waals surface area (Å²) < 4.78 is 38.4. The highest BCUT2D eigenvalue weighted by Gasteiger charge is 2.19. The topological polar surface area (TPSA) is 122 Å². The Morgan fingerprint density at radius 3 is 2.45 bits per heavy atom. The number of aromatic nitrogens is 1. The lowest BCUT2D eigenvalue weighted by Gasteiger charge is -2.22. The molecule has 0 bridgehead atoms. The van der Waals surface area contributed by atoms with E-state index < -0.39 is 16.0 Å². The maximum atomic E-state index is 12.7. The number of aromatic carboxylic acids is 1. The van der Waals surface area contributed by atoms with Crippen LogP contribution in [-0.2, 0) is 16.4 Å². The van der Waals surface area contributed by atoms with Crippen LogP contribution in [0.5, 0.6) is 5.75 Å². The van der Waals surface area contributed by atoms with E-state index in [-0.39, 0.29) is 16.1 Å². The molecule has 3 rings (SSSR count).